The molecule has 0 atom stereocenters. The highest BCUT2D eigenvalue weighted by molar-refractivity contribution is 5.83. The summed E-state index contributed by atoms with van der Waals surface area (Å²) in [6.07, 6.45) is 6.34. The van der Waals surface area contributed by atoms with Crippen molar-refractivity contribution >= 4 is 28.0 Å². The number of hydrogen-bond donors (Lipinski definition) is 3. The third kappa shape index (κ3) is 3.67. The molecule has 4 aromatic rings. The summed E-state index contributed by atoms with van der Waals surface area (Å²) in [4.78, 5) is 7.14. The minimum absolute atomic E-state index is 0.218. The maximum Gasteiger partial charge on any atom is 0.125 e. The number of aromatic amines is 1. The number of hydrogen-bond acceptors (Lipinski definition) is 3. The molecule has 2 heterocycles. The van der Waals surface area contributed by atoms with Gasteiger partial charge in [0.2, 0.25) is 0 Å². The highest BCUT2D eigenvalue weighted by atomic mass is 19.1. The summed E-state index contributed by atoms with van der Waals surface area (Å²) in [5.74, 6) is -0.218. The molecule has 0 bridgehead atoms. The van der Waals surface area contributed by atoms with Crippen molar-refractivity contribution in [3.63, 3.8) is 0 Å². The van der Waals surface area contributed by atoms with Gasteiger partial charge in [-0.25, -0.2) is 4.39 Å². The molecule has 0 amide bonds. The van der Waals surface area contributed by atoms with Gasteiger partial charge in [0, 0.05) is 53.1 Å². The quantitative estimate of drug-likeness (QED) is 0.455. The lowest BCUT2D eigenvalue weighted by molar-refractivity contribution is 0.629. The molecular weight excluding hydrogens is 327 g/mol. The number of benzene rings is 2. The van der Waals surface area contributed by atoms with Crippen LogP contribution < -0.4 is 10.6 Å². The van der Waals surface area contributed by atoms with E-state index in [0.717, 1.165) is 40.9 Å². The van der Waals surface area contributed by atoms with Crippen molar-refractivity contribution in [3.8, 4) is 0 Å². The van der Waals surface area contributed by atoms with Crippen LogP contribution in [0.1, 0.15) is 5.56 Å². The Morgan fingerprint density at radius 3 is 2.42 bits per heavy atom. The van der Waals surface area contributed by atoms with Gasteiger partial charge in [-0.1, -0.05) is 0 Å². The third-order valence-corrected chi connectivity index (χ3v) is 4.31. The van der Waals surface area contributed by atoms with Gasteiger partial charge in [-0.3, -0.25) is 4.98 Å². The molecule has 2 aromatic heterocycles. The van der Waals surface area contributed by atoms with Gasteiger partial charge in [-0.2, -0.15) is 0 Å². The van der Waals surface area contributed by atoms with Gasteiger partial charge in [-0.05, 0) is 66.6 Å². The van der Waals surface area contributed by atoms with Crippen molar-refractivity contribution in [1.29, 1.82) is 0 Å². The van der Waals surface area contributed by atoms with E-state index in [9.17, 15) is 4.39 Å². The predicted octanol–water partition coefficient (Wildman–Crippen LogP) is 5.10. The summed E-state index contributed by atoms with van der Waals surface area (Å²) in [5, 5.41) is 7.83. The van der Waals surface area contributed by atoms with Crippen LogP contribution in [0.2, 0.25) is 0 Å². The average Bonchev–Trinajstić information content (AvgIpc) is 3.06. The van der Waals surface area contributed by atoms with Crippen LogP contribution in [0.5, 0.6) is 0 Å². The van der Waals surface area contributed by atoms with Crippen molar-refractivity contribution in [1.82, 2.24) is 9.97 Å². The van der Waals surface area contributed by atoms with E-state index >= 15 is 0 Å². The molecule has 4 nitrogen and oxygen atoms in total. The fraction of sp³-hybridized carbons (Fsp3) is 0.0952. The minimum Gasteiger partial charge on any atom is -0.385 e. The van der Waals surface area contributed by atoms with E-state index in [1.807, 2.05) is 48.7 Å². The zero-order valence-electron chi connectivity index (χ0n) is 14.2. The van der Waals surface area contributed by atoms with Gasteiger partial charge in [-0.15, -0.1) is 0 Å². The van der Waals surface area contributed by atoms with Crippen molar-refractivity contribution in [2.75, 3.05) is 17.2 Å². The molecule has 0 aliphatic heterocycles. The Morgan fingerprint density at radius 2 is 1.62 bits per heavy atom. The summed E-state index contributed by atoms with van der Waals surface area (Å²) >= 11 is 0. The number of nitrogens with zero attached hydrogens (tertiary/aromatic N) is 1. The first kappa shape index (κ1) is 16.1. The number of fused-ring (bicyclic) bond motifs is 1. The van der Waals surface area contributed by atoms with Crippen molar-refractivity contribution < 1.29 is 4.39 Å². The van der Waals surface area contributed by atoms with Crippen LogP contribution in [0.25, 0.3) is 10.9 Å². The molecule has 4 rings (SSSR count). The third-order valence-electron chi connectivity index (χ3n) is 4.31. The monoisotopic (exact) mass is 346 g/mol. The molecule has 0 aliphatic rings. The maximum atomic E-state index is 13.2. The summed E-state index contributed by atoms with van der Waals surface area (Å²) < 4.78 is 13.2. The van der Waals surface area contributed by atoms with Crippen LogP contribution in [0.3, 0.4) is 0 Å². The number of pyridine rings is 1. The number of H-pyrrole nitrogens is 1. The van der Waals surface area contributed by atoms with E-state index in [1.54, 1.807) is 12.4 Å². The van der Waals surface area contributed by atoms with Crippen LogP contribution in [0.15, 0.2) is 73.2 Å². The molecule has 26 heavy (non-hydrogen) atoms. The molecule has 0 spiro atoms. The molecule has 0 radical (unpaired) electrons. The Labute approximate surface area is 151 Å². The Balaban J connectivity index is 1.34. The first-order valence-electron chi connectivity index (χ1n) is 8.54. The first-order valence-corrected chi connectivity index (χ1v) is 8.54. The van der Waals surface area contributed by atoms with Crippen LogP contribution in [-0.2, 0) is 6.42 Å². The Morgan fingerprint density at radius 1 is 0.885 bits per heavy atom. The van der Waals surface area contributed by atoms with Gasteiger partial charge < -0.3 is 15.6 Å². The van der Waals surface area contributed by atoms with Crippen LogP contribution in [0.4, 0.5) is 21.5 Å². The van der Waals surface area contributed by atoms with Gasteiger partial charge >= 0.3 is 0 Å². The molecule has 130 valence electrons. The standard InChI is InChI=1S/C21H19FN4/c22-16-1-6-20-15(14-25-21(20)13-16)7-12-24-17-2-4-18(5-3-17)26-19-8-10-23-11-9-19/h1-6,8-11,13-14,24-25H,7,12H2,(H,23,26). The molecule has 0 unspecified atom stereocenters. The van der Waals surface area contributed by atoms with Crippen molar-refractivity contribution in [3.05, 3.63) is 84.6 Å². The number of rotatable bonds is 6. The summed E-state index contributed by atoms with van der Waals surface area (Å²) in [5.41, 5.74) is 5.13. The molecule has 0 fully saturated rings. The molecule has 3 N–H and O–H groups in total. The van der Waals surface area contributed by atoms with Crippen LogP contribution in [-0.4, -0.2) is 16.5 Å². The van der Waals surface area contributed by atoms with E-state index in [4.69, 9.17) is 0 Å². The van der Waals surface area contributed by atoms with Gasteiger partial charge in [0.25, 0.3) is 0 Å². The molecule has 5 heteroatoms. The van der Waals surface area contributed by atoms with Crippen LogP contribution >= 0.6 is 0 Å². The smallest absolute Gasteiger partial charge is 0.125 e. The molecule has 2 aromatic carbocycles. The predicted molar refractivity (Wildman–Crippen MR) is 104 cm³/mol. The second-order valence-corrected chi connectivity index (χ2v) is 6.12. The number of nitrogens with one attached hydrogen (secondary N) is 3. The lowest BCUT2D eigenvalue weighted by Gasteiger charge is -2.09. The molecule has 0 aliphatic carbocycles. The second-order valence-electron chi connectivity index (χ2n) is 6.12. The Hall–Kier alpha value is -3.34. The highest BCUT2D eigenvalue weighted by Gasteiger charge is 2.04. The summed E-state index contributed by atoms with van der Waals surface area (Å²) in [7, 11) is 0. The Bertz CT molecular complexity index is 994. The fourth-order valence-electron chi connectivity index (χ4n) is 2.98. The normalized spacial score (nSPS) is 10.8. The highest BCUT2D eigenvalue weighted by Crippen LogP contribution is 2.21. The second kappa shape index (κ2) is 7.27. The minimum atomic E-state index is -0.218. The number of aromatic nitrogens is 2. The van der Waals surface area contributed by atoms with Crippen molar-refractivity contribution in [2.45, 2.75) is 6.42 Å². The van der Waals surface area contributed by atoms with E-state index in [1.165, 1.54) is 17.7 Å². The van der Waals surface area contributed by atoms with Crippen LogP contribution in [0, 0.1) is 5.82 Å². The maximum absolute atomic E-state index is 13.2. The number of anilines is 3. The summed E-state index contributed by atoms with van der Waals surface area (Å²) in [6.45, 7) is 0.807. The topological polar surface area (TPSA) is 52.7 Å². The zero-order chi connectivity index (χ0) is 17.8. The fourth-order valence-corrected chi connectivity index (χ4v) is 2.98. The lowest BCUT2D eigenvalue weighted by Crippen LogP contribution is -2.04. The van der Waals surface area contributed by atoms with Crippen molar-refractivity contribution in [2.24, 2.45) is 0 Å². The zero-order valence-corrected chi connectivity index (χ0v) is 14.2. The summed E-state index contributed by atoms with van der Waals surface area (Å²) in [6, 6.07) is 16.9. The molecular formula is C21H19FN4. The first-order chi connectivity index (χ1) is 12.8. The Kier molecular flexibility index (Phi) is 4.51. The number of halogens is 1. The van der Waals surface area contributed by atoms with E-state index < -0.39 is 0 Å². The molecule has 0 saturated heterocycles. The van der Waals surface area contributed by atoms with Gasteiger partial charge in [0.05, 0.1) is 0 Å². The van der Waals surface area contributed by atoms with Gasteiger partial charge in [0.15, 0.2) is 0 Å². The van der Waals surface area contributed by atoms with E-state index in [2.05, 4.69) is 20.6 Å². The largest absolute Gasteiger partial charge is 0.385 e. The van der Waals surface area contributed by atoms with E-state index in [-0.39, 0.29) is 5.82 Å². The van der Waals surface area contributed by atoms with E-state index in [0.29, 0.717) is 0 Å². The lowest BCUT2D eigenvalue weighted by atomic mass is 10.1. The average molecular weight is 346 g/mol. The van der Waals surface area contributed by atoms with Gasteiger partial charge in [0.1, 0.15) is 5.82 Å². The SMILES string of the molecule is Fc1ccc2c(CCNc3ccc(Nc4ccncc4)cc3)c[nH]c2c1. The molecule has 0 saturated carbocycles.